The van der Waals surface area contributed by atoms with Gasteiger partial charge in [-0.15, -0.1) is 0 Å². The molecule has 3 aromatic carbocycles. The van der Waals surface area contributed by atoms with E-state index in [9.17, 15) is 14.7 Å². The number of hydrogen-bond acceptors (Lipinski definition) is 6. The van der Waals surface area contributed by atoms with Crippen molar-refractivity contribution < 1.29 is 28.6 Å². The van der Waals surface area contributed by atoms with Crippen LogP contribution in [0, 0.1) is 0 Å². The van der Waals surface area contributed by atoms with Crippen LogP contribution in [0.2, 0.25) is 0 Å². The zero-order chi connectivity index (χ0) is 23.2. The lowest BCUT2D eigenvalue weighted by Crippen LogP contribution is -2.29. The molecule has 1 amide bonds. The average molecular weight is 453 g/mol. The van der Waals surface area contributed by atoms with E-state index >= 15 is 0 Å². The van der Waals surface area contributed by atoms with Gasteiger partial charge in [-0.25, -0.2) is 0 Å². The molecule has 0 saturated carbocycles. The second-order valence-electron chi connectivity index (χ2n) is 8.14. The Labute approximate surface area is 194 Å². The zero-order valence-electron chi connectivity index (χ0n) is 17.9. The van der Waals surface area contributed by atoms with Crippen molar-refractivity contribution in [2.75, 3.05) is 6.79 Å². The minimum Gasteiger partial charge on any atom is -0.507 e. The molecule has 168 valence electrons. The van der Waals surface area contributed by atoms with E-state index < -0.39 is 17.7 Å². The summed E-state index contributed by atoms with van der Waals surface area (Å²) < 4.78 is 16.2. The molecule has 1 saturated heterocycles. The summed E-state index contributed by atoms with van der Waals surface area (Å²) in [6, 6.07) is 21.1. The summed E-state index contributed by atoms with van der Waals surface area (Å²) in [6.45, 7) is 0.173. The molecule has 2 aliphatic heterocycles. The van der Waals surface area contributed by atoms with Gasteiger partial charge >= 0.3 is 0 Å². The molecule has 1 unspecified atom stereocenters. The van der Waals surface area contributed by atoms with Gasteiger partial charge in [0.25, 0.3) is 11.7 Å². The van der Waals surface area contributed by atoms with Crippen LogP contribution >= 0.6 is 0 Å². The lowest BCUT2D eigenvalue weighted by molar-refractivity contribution is -0.140. The summed E-state index contributed by atoms with van der Waals surface area (Å²) >= 11 is 0. The number of amides is 1. The molecule has 1 aromatic heterocycles. The number of benzene rings is 3. The molecule has 6 rings (SSSR count). The van der Waals surface area contributed by atoms with E-state index in [1.54, 1.807) is 30.3 Å². The van der Waals surface area contributed by atoms with Crippen LogP contribution in [0.4, 0.5) is 0 Å². The number of aliphatic hydroxyl groups excluding tert-OH is 1. The van der Waals surface area contributed by atoms with Crippen molar-refractivity contribution in [3.05, 3.63) is 102 Å². The molecule has 2 aliphatic rings. The molecule has 34 heavy (non-hydrogen) atoms. The summed E-state index contributed by atoms with van der Waals surface area (Å²) in [5.41, 5.74) is 1.13. The molecule has 0 radical (unpaired) electrons. The van der Waals surface area contributed by atoms with Gasteiger partial charge in [-0.1, -0.05) is 42.5 Å². The van der Waals surface area contributed by atoms with E-state index in [4.69, 9.17) is 13.9 Å². The van der Waals surface area contributed by atoms with Gasteiger partial charge in [0.05, 0.1) is 24.4 Å². The Morgan fingerprint density at radius 2 is 1.76 bits per heavy atom. The van der Waals surface area contributed by atoms with Crippen LogP contribution in [0.5, 0.6) is 11.5 Å². The van der Waals surface area contributed by atoms with Crippen molar-refractivity contribution in [1.29, 1.82) is 0 Å². The third-order valence-corrected chi connectivity index (χ3v) is 6.21. The number of carbonyl (C=O) groups is 2. The van der Waals surface area contributed by atoms with Gasteiger partial charge < -0.3 is 23.9 Å². The van der Waals surface area contributed by atoms with Crippen LogP contribution in [-0.2, 0) is 16.1 Å². The maximum Gasteiger partial charge on any atom is 0.296 e. The fourth-order valence-electron chi connectivity index (χ4n) is 4.63. The Morgan fingerprint density at radius 1 is 0.941 bits per heavy atom. The molecule has 0 aliphatic carbocycles. The van der Waals surface area contributed by atoms with Crippen LogP contribution in [-0.4, -0.2) is 28.5 Å². The molecular weight excluding hydrogens is 434 g/mol. The standard InChI is InChI=1S/C27H19NO6/c29-25(17-10-11-21-22(13-17)34-15-33-21)23-24(20-9-3-6-16-5-1-2-8-19(16)20)28(27(31)26(23)30)14-18-7-4-12-32-18/h1-13,24,29H,14-15H2/b25-23-. The SMILES string of the molecule is O=C1C(=O)N(Cc2ccco2)C(c2cccc3ccccc23)/C1=C(/O)c1ccc2c(c1)OCO2. The Morgan fingerprint density at radius 3 is 2.62 bits per heavy atom. The predicted octanol–water partition coefficient (Wildman–Crippen LogP) is 4.78. The average Bonchev–Trinajstić information content (AvgIpc) is 3.60. The first-order valence-corrected chi connectivity index (χ1v) is 10.8. The topological polar surface area (TPSA) is 89.2 Å². The highest BCUT2D eigenvalue weighted by Crippen LogP contribution is 2.43. The van der Waals surface area contributed by atoms with Gasteiger partial charge in [0.15, 0.2) is 11.5 Å². The highest BCUT2D eigenvalue weighted by atomic mass is 16.7. The minimum absolute atomic E-state index is 0.0202. The van der Waals surface area contributed by atoms with Crippen molar-refractivity contribution in [2.45, 2.75) is 12.6 Å². The van der Waals surface area contributed by atoms with Crippen molar-refractivity contribution >= 4 is 28.2 Å². The highest BCUT2D eigenvalue weighted by molar-refractivity contribution is 6.46. The number of ether oxygens (including phenoxy) is 2. The summed E-state index contributed by atoms with van der Waals surface area (Å²) in [5.74, 6) is -0.154. The van der Waals surface area contributed by atoms with E-state index in [1.165, 1.54) is 11.2 Å². The minimum atomic E-state index is -0.804. The molecule has 7 heteroatoms. The molecule has 1 N–H and O–H groups in total. The zero-order valence-corrected chi connectivity index (χ0v) is 17.9. The van der Waals surface area contributed by atoms with Crippen LogP contribution in [0.3, 0.4) is 0 Å². The normalized spacial score (nSPS) is 18.7. The number of fused-ring (bicyclic) bond motifs is 2. The molecule has 0 spiro atoms. The van der Waals surface area contributed by atoms with Gasteiger partial charge in [-0.3, -0.25) is 9.59 Å². The van der Waals surface area contributed by atoms with Gasteiger partial charge in [0.2, 0.25) is 6.79 Å². The molecule has 1 fully saturated rings. The predicted molar refractivity (Wildman–Crippen MR) is 123 cm³/mol. The van der Waals surface area contributed by atoms with Crippen LogP contribution in [0.1, 0.15) is 22.9 Å². The Balaban J connectivity index is 1.56. The summed E-state index contributed by atoms with van der Waals surface area (Å²) in [6.07, 6.45) is 1.52. The van der Waals surface area contributed by atoms with Gasteiger partial charge in [0.1, 0.15) is 11.5 Å². The Kier molecular flexibility index (Phi) is 4.62. The van der Waals surface area contributed by atoms with E-state index in [-0.39, 0.29) is 24.7 Å². The highest BCUT2D eigenvalue weighted by Gasteiger charge is 2.47. The Hall–Kier alpha value is -4.52. The number of likely N-dealkylation sites (tertiary alicyclic amines) is 1. The third-order valence-electron chi connectivity index (χ3n) is 6.21. The van der Waals surface area contributed by atoms with Crippen molar-refractivity contribution in [1.82, 2.24) is 4.90 Å². The van der Waals surface area contributed by atoms with Crippen molar-refractivity contribution in [3.63, 3.8) is 0 Å². The summed E-state index contributed by atoms with van der Waals surface area (Å²) in [5, 5.41) is 13.2. The first-order valence-electron chi connectivity index (χ1n) is 10.8. The number of hydrogen-bond donors (Lipinski definition) is 1. The number of ketones is 1. The second-order valence-corrected chi connectivity index (χ2v) is 8.14. The van der Waals surface area contributed by atoms with Crippen molar-refractivity contribution in [3.8, 4) is 11.5 Å². The van der Waals surface area contributed by atoms with E-state index in [0.29, 0.717) is 22.8 Å². The van der Waals surface area contributed by atoms with Gasteiger partial charge in [-0.05, 0) is 46.7 Å². The lowest BCUT2D eigenvalue weighted by Gasteiger charge is -2.25. The molecule has 7 nitrogen and oxygen atoms in total. The number of rotatable bonds is 4. The second kappa shape index (κ2) is 7.81. The molecule has 4 aromatic rings. The first-order chi connectivity index (χ1) is 16.6. The number of carbonyl (C=O) groups excluding carboxylic acids is 2. The quantitative estimate of drug-likeness (QED) is 0.272. The maximum absolute atomic E-state index is 13.3. The summed E-state index contributed by atoms with van der Waals surface area (Å²) in [4.78, 5) is 28.0. The Bertz CT molecular complexity index is 1460. The first kappa shape index (κ1) is 20.1. The third kappa shape index (κ3) is 3.13. The van der Waals surface area contributed by atoms with Gasteiger partial charge in [-0.2, -0.15) is 0 Å². The van der Waals surface area contributed by atoms with Crippen LogP contribution < -0.4 is 9.47 Å². The fourth-order valence-corrected chi connectivity index (χ4v) is 4.63. The monoisotopic (exact) mass is 453 g/mol. The van der Waals surface area contributed by atoms with Crippen LogP contribution in [0.25, 0.3) is 16.5 Å². The lowest BCUT2D eigenvalue weighted by atomic mass is 9.91. The largest absolute Gasteiger partial charge is 0.507 e. The fraction of sp³-hybridized carbons (Fsp3) is 0.111. The number of nitrogens with zero attached hydrogens (tertiary/aromatic N) is 1. The number of furan rings is 1. The molecular formula is C27H19NO6. The molecule has 1 atom stereocenters. The number of aliphatic hydroxyl groups is 1. The van der Waals surface area contributed by atoms with E-state index in [1.807, 2.05) is 42.5 Å². The summed E-state index contributed by atoms with van der Waals surface area (Å²) in [7, 11) is 0. The van der Waals surface area contributed by atoms with E-state index in [0.717, 1.165) is 16.3 Å². The molecule has 0 bridgehead atoms. The smallest absolute Gasteiger partial charge is 0.296 e. The van der Waals surface area contributed by atoms with Gasteiger partial charge in [0, 0.05) is 5.56 Å². The number of Topliss-reactive ketones (excluding diaryl/α,β-unsaturated/α-hetero) is 1. The van der Waals surface area contributed by atoms with E-state index in [2.05, 4.69) is 0 Å². The molecule has 3 heterocycles. The van der Waals surface area contributed by atoms with Crippen LogP contribution in [0.15, 0.2) is 89.0 Å². The maximum atomic E-state index is 13.3. The van der Waals surface area contributed by atoms with Crippen molar-refractivity contribution in [2.24, 2.45) is 0 Å².